The first kappa shape index (κ1) is 15.6. The van der Waals surface area contributed by atoms with Gasteiger partial charge in [-0.1, -0.05) is 43.6 Å². The molecule has 2 nitrogen and oxygen atoms in total. The zero-order chi connectivity index (χ0) is 15.2. The number of hydrogen-bond acceptors (Lipinski definition) is 2. The number of anilines is 1. The zero-order valence-electron chi connectivity index (χ0n) is 12.2. The Morgan fingerprint density at radius 1 is 1.14 bits per heavy atom. The molecular weight excluding hydrogens is 289 g/mol. The molecule has 0 amide bonds. The van der Waals surface area contributed by atoms with Crippen LogP contribution in [-0.2, 0) is 6.54 Å². The van der Waals surface area contributed by atoms with Crippen molar-refractivity contribution < 1.29 is 9.13 Å². The van der Waals surface area contributed by atoms with E-state index in [1.807, 2.05) is 24.3 Å². The topological polar surface area (TPSA) is 21.3 Å². The molecule has 112 valence electrons. The van der Waals surface area contributed by atoms with Gasteiger partial charge in [-0.2, -0.15) is 0 Å². The van der Waals surface area contributed by atoms with Crippen LogP contribution in [-0.4, -0.2) is 6.61 Å². The molecule has 0 aliphatic carbocycles. The van der Waals surface area contributed by atoms with E-state index in [1.54, 1.807) is 12.1 Å². The summed E-state index contributed by atoms with van der Waals surface area (Å²) in [6.45, 7) is 5.14. The Kier molecular flexibility index (Phi) is 5.45. The number of benzene rings is 2. The van der Waals surface area contributed by atoms with Crippen LogP contribution >= 0.6 is 11.6 Å². The lowest BCUT2D eigenvalue weighted by atomic mass is 10.2. The molecule has 0 radical (unpaired) electrons. The normalized spacial score (nSPS) is 10.7. The number of rotatable bonds is 6. The van der Waals surface area contributed by atoms with Gasteiger partial charge in [0.2, 0.25) is 0 Å². The Balaban J connectivity index is 2.09. The largest absolute Gasteiger partial charge is 0.491 e. The average Bonchev–Trinajstić information content (AvgIpc) is 2.45. The first-order chi connectivity index (χ1) is 10.1. The van der Waals surface area contributed by atoms with E-state index in [-0.39, 0.29) is 5.82 Å². The number of ether oxygens (including phenoxy) is 1. The standard InChI is InChI=1S/C17H19ClFNO/c1-12(2)11-21-17-9-4-3-8-16(17)20-10-13-14(18)6-5-7-15(13)19/h3-9,12,20H,10-11H2,1-2H3. The van der Waals surface area contributed by atoms with Crippen LogP contribution in [0.1, 0.15) is 19.4 Å². The van der Waals surface area contributed by atoms with E-state index >= 15 is 0 Å². The van der Waals surface area contributed by atoms with E-state index in [0.717, 1.165) is 11.4 Å². The highest BCUT2D eigenvalue weighted by atomic mass is 35.5. The molecule has 0 bridgehead atoms. The molecule has 0 heterocycles. The zero-order valence-corrected chi connectivity index (χ0v) is 13.0. The Morgan fingerprint density at radius 2 is 1.90 bits per heavy atom. The molecular formula is C17H19ClFNO. The molecule has 0 aliphatic rings. The van der Waals surface area contributed by atoms with Crippen LogP contribution in [0.25, 0.3) is 0 Å². The molecule has 0 unspecified atom stereocenters. The predicted molar refractivity (Wildman–Crippen MR) is 85.5 cm³/mol. The third kappa shape index (κ3) is 4.36. The Morgan fingerprint density at radius 3 is 2.62 bits per heavy atom. The van der Waals surface area contributed by atoms with Gasteiger partial charge < -0.3 is 10.1 Å². The summed E-state index contributed by atoms with van der Waals surface area (Å²) in [5.74, 6) is 0.897. The van der Waals surface area contributed by atoms with Gasteiger partial charge in [-0.05, 0) is 30.2 Å². The fourth-order valence-electron chi connectivity index (χ4n) is 1.88. The number of nitrogens with one attached hydrogen (secondary N) is 1. The average molecular weight is 308 g/mol. The highest BCUT2D eigenvalue weighted by molar-refractivity contribution is 6.31. The summed E-state index contributed by atoms with van der Waals surface area (Å²) in [7, 11) is 0. The minimum Gasteiger partial charge on any atom is -0.491 e. The third-order valence-electron chi connectivity index (χ3n) is 2.98. The molecule has 0 aromatic heterocycles. The van der Waals surface area contributed by atoms with E-state index in [0.29, 0.717) is 29.7 Å². The monoisotopic (exact) mass is 307 g/mol. The molecule has 2 aromatic rings. The van der Waals surface area contributed by atoms with Crippen molar-refractivity contribution in [2.45, 2.75) is 20.4 Å². The molecule has 2 aromatic carbocycles. The molecule has 1 N–H and O–H groups in total. The van der Waals surface area contributed by atoms with Crippen LogP contribution in [0.4, 0.5) is 10.1 Å². The van der Waals surface area contributed by atoms with Gasteiger partial charge in [0, 0.05) is 17.1 Å². The minimum absolute atomic E-state index is 0.310. The molecule has 21 heavy (non-hydrogen) atoms. The second-order valence-electron chi connectivity index (χ2n) is 5.25. The first-order valence-corrected chi connectivity index (χ1v) is 7.34. The molecule has 0 fully saturated rings. The van der Waals surface area contributed by atoms with Crippen LogP contribution in [0.3, 0.4) is 0 Å². The predicted octanol–water partition coefficient (Wildman–Crippen LogP) is 5.13. The first-order valence-electron chi connectivity index (χ1n) is 6.96. The molecule has 0 aliphatic heterocycles. The van der Waals surface area contributed by atoms with E-state index in [9.17, 15) is 4.39 Å². The van der Waals surface area contributed by atoms with Crippen LogP contribution in [0.15, 0.2) is 42.5 Å². The number of halogens is 2. The molecule has 0 saturated heterocycles. The summed E-state index contributed by atoms with van der Waals surface area (Å²) in [4.78, 5) is 0. The van der Waals surface area contributed by atoms with Crippen LogP contribution in [0.2, 0.25) is 5.02 Å². The van der Waals surface area contributed by atoms with Crippen molar-refractivity contribution >= 4 is 17.3 Å². The van der Waals surface area contributed by atoms with Gasteiger partial charge in [-0.25, -0.2) is 4.39 Å². The van der Waals surface area contributed by atoms with Crippen molar-refractivity contribution in [3.05, 3.63) is 58.9 Å². The minimum atomic E-state index is -0.310. The fraction of sp³-hybridized carbons (Fsp3) is 0.294. The summed E-state index contributed by atoms with van der Waals surface area (Å²) >= 11 is 6.03. The van der Waals surface area contributed by atoms with Gasteiger partial charge >= 0.3 is 0 Å². The molecule has 0 saturated carbocycles. The summed E-state index contributed by atoms with van der Waals surface area (Å²) in [5, 5.41) is 3.61. The van der Waals surface area contributed by atoms with Gasteiger partial charge in [0.15, 0.2) is 0 Å². The van der Waals surface area contributed by atoms with E-state index < -0.39 is 0 Å². The van der Waals surface area contributed by atoms with Crippen LogP contribution < -0.4 is 10.1 Å². The maximum absolute atomic E-state index is 13.8. The molecule has 2 rings (SSSR count). The van der Waals surface area contributed by atoms with E-state index in [4.69, 9.17) is 16.3 Å². The molecule has 0 atom stereocenters. The Bertz CT molecular complexity index is 581. The Labute approximate surface area is 129 Å². The molecule has 0 spiro atoms. The maximum Gasteiger partial charge on any atom is 0.142 e. The lowest BCUT2D eigenvalue weighted by Gasteiger charge is -2.15. The van der Waals surface area contributed by atoms with Crippen molar-refractivity contribution in [3.8, 4) is 5.75 Å². The summed E-state index contributed by atoms with van der Waals surface area (Å²) < 4.78 is 19.5. The summed E-state index contributed by atoms with van der Waals surface area (Å²) in [6, 6.07) is 12.3. The highest BCUT2D eigenvalue weighted by Gasteiger charge is 2.08. The second kappa shape index (κ2) is 7.32. The van der Waals surface area contributed by atoms with Crippen molar-refractivity contribution in [2.75, 3.05) is 11.9 Å². The van der Waals surface area contributed by atoms with Crippen LogP contribution in [0, 0.1) is 11.7 Å². The van der Waals surface area contributed by atoms with Gasteiger partial charge in [0.1, 0.15) is 11.6 Å². The summed E-state index contributed by atoms with van der Waals surface area (Å²) in [6.07, 6.45) is 0. The number of hydrogen-bond donors (Lipinski definition) is 1. The Hall–Kier alpha value is -1.74. The van der Waals surface area contributed by atoms with Crippen LogP contribution in [0.5, 0.6) is 5.75 Å². The van der Waals surface area contributed by atoms with Gasteiger partial charge in [-0.3, -0.25) is 0 Å². The highest BCUT2D eigenvalue weighted by Crippen LogP contribution is 2.26. The lowest BCUT2D eigenvalue weighted by Crippen LogP contribution is -2.08. The van der Waals surface area contributed by atoms with Crippen molar-refractivity contribution in [3.63, 3.8) is 0 Å². The smallest absolute Gasteiger partial charge is 0.142 e. The van der Waals surface area contributed by atoms with Gasteiger partial charge in [-0.15, -0.1) is 0 Å². The van der Waals surface area contributed by atoms with Gasteiger partial charge in [0.25, 0.3) is 0 Å². The maximum atomic E-state index is 13.8. The lowest BCUT2D eigenvalue weighted by molar-refractivity contribution is 0.272. The van der Waals surface area contributed by atoms with Crippen molar-refractivity contribution in [1.29, 1.82) is 0 Å². The number of para-hydroxylation sites is 2. The summed E-state index contributed by atoms with van der Waals surface area (Å²) in [5.41, 5.74) is 1.29. The fourth-order valence-corrected chi connectivity index (χ4v) is 2.11. The van der Waals surface area contributed by atoms with Gasteiger partial charge in [0.05, 0.1) is 12.3 Å². The van der Waals surface area contributed by atoms with E-state index in [1.165, 1.54) is 6.07 Å². The molecule has 4 heteroatoms. The second-order valence-corrected chi connectivity index (χ2v) is 5.66. The van der Waals surface area contributed by atoms with Crippen molar-refractivity contribution in [2.24, 2.45) is 5.92 Å². The third-order valence-corrected chi connectivity index (χ3v) is 3.33. The SMILES string of the molecule is CC(C)COc1ccccc1NCc1c(F)cccc1Cl. The van der Waals surface area contributed by atoms with E-state index in [2.05, 4.69) is 19.2 Å². The quantitative estimate of drug-likeness (QED) is 0.799. The van der Waals surface area contributed by atoms with Crippen molar-refractivity contribution in [1.82, 2.24) is 0 Å².